The van der Waals surface area contributed by atoms with E-state index in [9.17, 15) is 20.4 Å². The number of rotatable bonds is 2. The Morgan fingerprint density at radius 1 is 0.542 bits per heavy atom. The van der Waals surface area contributed by atoms with Crippen LogP contribution in [0.25, 0.3) is 0 Å². The van der Waals surface area contributed by atoms with Gasteiger partial charge in [0.05, 0.1) is 0 Å². The first-order valence-electron chi connectivity index (χ1n) is 7.37. The molecule has 1 saturated heterocycles. The fraction of sp³-hybridized carbons (Fsp3) is 0.250. The van der Waals surface area contributed by atoms with Crippen molar-refractivity contribution >= 4 is 46.3 Å². The van der Waals surface area contributed by atoms with Crippen LogP contribution in [-0.4, -0.2) is 43.8 Å². The maximum atomic E-state index is 10.8. The predicted octanol–water partition coefficient (Wildman–Crippen LogP) is 0.884. The van der Waals surface area contributed by atoms with Crippen molar-refractivity contribution in [3.05, 3.63) is 60.7 Å². The highest BCUT2D eigenvalue weighted by atomic mass is 32.4. The van der Waals surface area contributed by atoms with Crippen LogP contribution in [0, 0.1) is 0 Å². The zero-order valence-electron chi connectivity index (χ0n) is 12.6. The normalized spacial score (nSPS) is 39.5. The van der Waals surface area contributed by atoms with Crippen molar-refractivity contribution in [2.45, 2.75) is 23.4 Å². The summed E-state index contributed by atoms with van der Waals surface area (Å²) < 4.78 is 0. The van der Waals surface area contributed by atoms with E-state index in [1.54, 1.807) is 60.7 Å². The van der Waals surface area contributed by atoms with Crippen LogP contribution in [0.5, 0.6) is 0 Å². The highest BCUT2D eigenvalue weighted by Crippen LogP contribution is 2.71. The third kappa shape index (κ3) is 2.57. The van der Waals surface area contributed by atoms with Gasteiger partial charge in [0.15, 0.2) is 0 Å². The molecule has 3 rings (SSSR count). The van der Waals surface area contributed by atoms with Crippen molar-refractivity contribution in [3.8, 4) is 0 Å². The van der Waals surface area contributed by atoms with Crippen LogP contribution >= 0.6 is 12.1 Å². The van der Waals surface area contributed by atoms with Crippen LogP contribution in [0.1, 0.15) is 0 Å². The van der Waals surface area contributed by atoms with Gasteiger partial charge < -0.3 is 20.4 Å². The summed E-state index contributed by atoms with van der Waals surface area (Å²) >= 11 is 11.3. The van der Waals surface area contributed by atoms with E-state index in [2.05, 4.69) is 0 Å². The second-order valence-electron chi connectivity index (χ2n) is 5.74. The fourth-order valence-corrected chi connectivity index (χ4v) is 13.5. The molecule has 1 aliphatic rings. The van der Waals surface area contributed by atoms with Gasteiger partial charge in [0.25, 0.3) is 0 Å². The minimum Gasteiger partial charge on any atom is -0.384 e. The first-order chi connectivity index (χ1) is 11.3. The molecular formula is C16H18O4P2S2. The van der Waals surface area contributed by atoms with E-state index in [1.807, 2.05) is 0 Å². The maximum absolute atomic E-state index is 10.8. The summed E-state index contributed by atoms with van der Waals surface area (Å²) in [4.78, 5) is 0. The number of hydrogen-bond acceptors (Lipinski definition) is 6. The molecule has 0 aliphatic carbocycles. The summed E-state index contributed by atoms with van der Waals surface area (Å²) in [6.07, 6.45) is 0. The van der Waals surface area contributed by atoms with Gasteiger partial charge in [0, 0.05) is 12.1 Å². The molecule has 1 heterocycles. The molecule has 128 valence electrons. The van der Waals surface area contributed by atoms with Crippen molar-refractivity contribution < 1.29 is 20.4 Å². The first kappa shape index (κ1) is 18.4. The molecule has 24 heavy (non-hydrogen) atoms. The van der Waals surface area contributed by atoms with Gasteiger partial charge in [-0.25, -0.2) is 0 Å². The van der Waals surface area contributed by atoms with E-state index < -0.39 is 35.5 Å². The van der Waals surface area contributed by atoms with Gasteiger partial charge in [0.1, 0.15) is 23.4 Å². The van der Waals surface area contributed by atoms with E-state index in [4.69, 9.17) is 23.6 Å². The fourth-order valence-electron chi connectivity index (χ4n) is 3.04. The van der Waals surface area contributed by atoms with Crippen LogP contribution in [0.3, 0.4) is 0 Å². The first-order valence-corrected chi connectivity index (χ1v) is 13.2. The Bertz CT molecular complexity index is 722. The summed E-state index contributed by atoms with van der Waals surface area (Å²) in [5.74, 6) is -5.45. The van der Waals surface area contributed by atoms with Gasteiger partial charge in [-0.2, -0.15) is 0 Å². The molecule has 4 unspecified atom stereocenters. The zero-order valence-corrected chi connectivity index (χ0v) is 16.0. The lowest BCUT2D eigenvalue weighted by molar-refractivity contribution is 0.0799. The second kappa shape index (κ2) is 6.71. The Balaban J connectivity index is 2.15. The molecule has 2 aromatic carbocycles. The standard InChI is InChI=1S/C16H18O4P2S2/c17-13-15(19)22(24,12-9-5-2-6-10-12)16(20)14(18)21(13,23)11-7-3-1-4-8-11/h1-10,13-20H. The number of benzene rings is 2. The lowest BCUT2D eigenvalue weighted by atomic mass is 10.4. The number of aliphatic hydroxyl groups is 4. The van der Waals surface area contributed by atoms with E-state index in [0.717, 1.165) is 0 Å². The molecule has 0 amide bonds. The third-order valence-electron chi connectivity index (χ3n) is 4.42. The highest BCUT2D eigenvalue weighted by molar-refractivity contribution is 8.23. The average molecular weight is 400 g/mol. The monoisotopic (exact) mass is 400 g/mol. The molecule has 8 heteroatoms. The van der Waals surface area contributed by atoms with Crippen LogP contribution in [0.2, 0.25) is 0 Å². The topological polar surface area (TPSA) is 80.9 Å². The SMILES string of the molecule is OC1C(O)P(=S)(c2ccccc2)C(O)C(O)P1(=S)c1ccccc1. The molecule has 0 aromatic heterocycles. The van der Waals surface area contributed by atoms with Crippen molar-refractivity contribution in [2.75, 3.05) is 0 Å². The van der Waals surface area contributed by atoms with Crippen LogP contribution in [0.4, 0.5) is 0 Å². The highest BCUT2D eigenvalue weighted by Gasteiger charge is 2.57. The summed E-state index contributed by atoms with van der Waals surface area (Å²) in [5.41, 5.74) is 0. The molecule has 4 atom stereocenters. The smallest absolute Gasteiger partial charge is 0.119 e. The average Bonchev–Trinajstić information content (AvgIpc) is 2.64. The van der Waals surface area contributed by atoms with E-state index >= 15 is 0 Å². The van der Waals surface area contributed by atoms with Crippen LogP contribution in [-0.2, 0) is 23.6 Å². The van der Waals surface area contributed by atoms with Gasteiger partial charge in [0.2, 0.25) is 0 Å². The molecule has 0 bridgehead atoms. The minimum absolute atomic E-state index is 0.576. The molecule has 0 spiro atoms. The van der Waals surface area contributed by atoms with E-state index in [-0.39, 0.29) is 0 Å². The molecule has 0 saturated carbocycles. The van der Waals surface area contributed by atoms with Crippen LogP contribution in [0.15, 0.2) is 60.7 Å². The van der Waals surface area contributed by atoms with E-state index in [1.165, 1.54) is 0 Å². The van der Waals surface area contributed by atoms with E-state index in [0.29, 0.717) is 10.6 Å². The predicted molar refractivity (Wildman–Crippen MR) is 105 cm³/mol. The molecule has 1 fully saturated rings. The molecule has 4 N–H and O–H groups in total. The summed E-state index contributed by atoms with van der Waals surface area (Å²) in [7, 11) is 0. The molecule has 0 radical (unpaired) electrons. The second-order valence-corrected chi connectivity index (χ2v) is 15.4. The lowest BCUT2D eigenvalue weighted by Crippen LogP contribution is -2.49. The Kier molecular flexibility index (Phi) is 5.14. The number of hydrogen-bond donors (Lipinski definition) is 4. The number of aliphatic hydroxyl groups excluding tert-OH is 4. The van der Waals surface area contributed by atoms with Gasteiger partial charge >= 0.3 is 0 Å². The Hall–Kier alpha value is -0.420. The van der Waals surface area contributed by atoms with Crippen molar-refractivity contribution in [2.24, 2.45) is 0 Å². The van der Waals surface area contributed by atoms with Gasteiger partial charge in [-0.05, 0) is 10.6 Å². The lowest BCUT2D eigenvalue weighted by Gasteiger charge is -2.48. The molecule has 2 aromatic rings. The molecule has 1 aliphatic heterocycles. The zero-order chi connectivity index (χ0) is 17.5. The van der Waals surface area contributed by atoms with Crippen molar-refractivity contribution in [3.63, 3.8) is 0 Å². The Morgan fingerprint density at radius 2 is 0.792 bits per heavy atom. The van der Waals surface area contributed by atoms with Crippen molar-refractivity contribution in [1.29, 1.82) is 0 Å². The van der Waals surface area contributed by atoms with Gasteiger partial charge in [-0.1, -0.05) is 84.3 Å². The van der Waals surface area contributed by atoms with Gasteiger partial charge in [-0.15, -0.1) is 0 Å². The minimum atomic E-state index is -3.05. The van der Waals surface area contributed by atoms with Crippen molar-refractivity contribution in [1.82, 2.24) is 0 Å². The van der Waals surface area contributed by atoms with Crippen LogP contribution < -0.4 is 10.6 Å². The summed E-state index contributed by atoms with van der Waals surface area (Å²) in [6.45, 7) is 0. The quantitative estimate of drug-likeness (QED) is 0.561. The molecular weight excluding hydrogens is 382 g/mol. The summed E-state index contributed by atoms with van der Waals surface area (Å²) in [6, 6.07) is 11.4. The third-order valence-corrected chi connectivity index (χ3v) is 15.2. The Labute approximate surface area is 150 Å². The summed E-state index contributed by atoms with van der Waals surface area (Å²) in [5, 5.41) is 44.4. The molecule has 4 nitrogen and oxygen atoms in total. The Morgan fingerprint density at radius 3 is 1.04 bits per heavy atom. The largest absolute Gasteiger partial charge is 0.384 e. The maximum Gasteiger partial charge on any atom is 0.119 e. The van der Waals surface area contributed by atoms with Gasteiger partial charge in [-0.3, -0.25) is 0 Å².